The van der Waals surface area contributed by atoms with Gasteiger partial charge in [0.2, 0.25) is 5.79 Å². The second-order valence-electron chi connectivity index (χ2n) is 18.7. The quantitative estimate of drug-likeness (QED) is 0.0258. The molecule has 1 amide bonds. The number of hydrogen-bond acceptors (Lipinski definition) is 13. The summed E-state index contributed by atoms with van der Waals surface area (Å²) in [6.07, 6.45) is 16.8. The Hall–Kier alpha value is -3.92. The molecule has 1 saturated carbocycles. The van der Waals surface area contributed by atoms with E-state index in [0.717, 1.165) is 16.8 Å². The molecule has 0 aromatic carbocycles. The van der Waals surface area contributed by atoms with Crippen LogP contribution in [0.4, 0.5) is 0 Å². The highest BCUT2D eigenvalue weighted by molar-refractivity contribution is 6.39. The fraction of sp³-hybridized carbons (Fsp3) is 0.686. The first kappa shape index (κ1) is 55.4. The molecule has 2 N–H and O–H groups in total. The SMILES string of the molecule is COCC(=O)C(C)CC(C)C=CC=CC=C(C)C(CC1CCC(C)C(O)(C(=O)C(=O)N2CCCCC2C(=O)OC(=CC(=O)C(C)=CC(C)C=O)C(C)CC2CCC(O)C(OC)C2)O1)OC. The number of aldehydes is 1. The number of ketones is 3. The molecule has 12 unspecified atom stereocenters. The van der Waals surface area contributed by atoms with Crippen LogP contribution in [0.3, 0.4) is 0 Å². The number of nitrogens with zero attached hydrogens (tertiary/aromatic N) is 1. The summed E-state index contributed by atoms with van der Waals surface area (Å²) >= 11 is 0. The number of aliphatic hydroxyl groups excluding tert-OH is 1. The Kier molecular flexibility index (Phi) is 23.0. The smallest absolute Gasteiger partial charge is 0.333 e. The number of likely N-dealkylation sites (tertiary alicyclic amines) is 1. The molecule has 14 heteroatoms. The zero-order chi connectivity index (χ0) is 48.4. The number of ether oxygens (including phenoxy) is 5. The van der Waals surface area contributed by atoms with Gasteiger partial charge in [-0.05, 0) is 101 Å². The zero-order valence-corrected chi connectivity index (χ0v) is 40.5. The van der Waals surface area contributed by atoms with Gasteiger partial charge in [-0.15, -0.1) is 0 Å². The summed E-state index contributed by atoms with van der Waals surface area (Å²) < 4.78 is 28.4. The highest BCUT2D eigenvalue weighted by Crippen LogP contribution is 2.37. The largest absolute Gasteiger partial charge is 0.429 e. The fourth-order valence-corrected chi connectivity index (χ4v) is 9.09. The lowest BCUT2D eigenvalue weighted by molar-refractivity contribution is -0.265. The first-order chi connectivity index (χ1) is 30.8. The number of esters is 1. The van der Waals surface area contributed by atoms with Crippen molar-refractivity contribution < 1.29 is 62.7 Å². The number of hydrogen-bond donors (Lipinski definition) is 2. The van der Waals surface area contributed by atoms with E-state index in [9.17, 15) is 39.0 Å². The van der Waals surface area contributed by atoms with Crippen molar-refractivity contribution in [3.63, 3.8) is 0 Å². The van der Waals surface area contributed by atoms with Gasteiger partial charge in [0, 0.05) is 64.0 Å². The summed E-state index contributed by atoms with van der Waals surface area (Å²) in [6.45, 7) is 12.8. The number of carbonyl (C=O) groups excluding carboxylic acids is 6. The molecule has 1 aliphatic carbocycles. The molecule has 12 atom stereocenters. The second-order valence-corrected chi connectivity index (χ2v) is 18.7. The fourth-order valence-electron chi connectivity index (χ4n) is 9.09. The van der Waals surface area contributed by atoms with Crippen molar-refractivity contribution in [2.45, 2.75) is 155 Å². The Morgan fingerprint density at radius 2 is 1.63 bits per heavy atom. The maximum Gasteiger partial charge on any atom is 0.333 e. The van der Waals surface area contributed by atoms with E-state index >= 15 is 0 Å². The molecule has 65 heavy (non-hydrogen) atoms. The number of methoxy groups -OCH3 is 3. The van der Waals surface area contributed by atoms with Gasteiger partial charge in [0.15, 0.2) is 11.6 Å². The lowest BCUT2D eigenvalue weighted by Gasteiger charge is -2.42. The molecular weight excluding hydrogens is 835 g/mol. The van der Waals surface area contributed by atoms with Gasteiger partial charge >= 0.3 is 5.97 Å². The number of carbonyl (C=O) groups is 6. The van der Waals surface area contributed by atoms with Crippen LogP contribution in [0.25, 0.3) is 0 Å². The Morgan fingerprint density at radius 3 is 2.29 bits per heavy atom. The van der Waals surface area contributed by atoms with Crippen molar-refractivity contribution in [1.82, 2.24) is 4.90 Å². The predicted molar refractivity (Wildman–Crippen MR) is 246 cm³/mol. The molecule has 0 aromatic rings. The van der Waals surface area contributed by atoms with Crippen LogP contribution in [0.15, 0.2) is 59.4 Å². The molecule has 2 saturated heterocycles. The lowest BCUT2D eigenvalue weighted by atomic mass is 9.80. The highest BCUT2D eigenvalue weighted by atomic mass is 16.6. The lowest BCUT2D eigenvalue weighted by Crippen LogP contribution is -2.60. The summed E-state index contributed by atoms with van der Waals surface area (Å²) in [4.78, 5) is 80.4. The third kappa shape index (κ3) is 16.4. The Morgan fingerprint density at radius 1 is 0.908 bits per heavy atom. The van der Waals surface area contributed by atoms with E-state index in [1.54, 1.807) is 35.0 Å². The standard InChI is InChI=1S/C51H77NO13/c1-32(24-36(5)44(56)31-61-8)16-12-11-13-17-34(3)45(62-9)28-40-21-19-38(7)51(60,65-40)48(57)49(58)52-23-15-14-18-41(52)50(59)64-46(29-43(55)35(4)25-33(2)30-53)37(6)26-39-20-22-42(54)47(27-39)63-10/h11-13,16-17,25,29-30,32-33,36-42,45,47,54,60H,14-15,18-24,26-28,31H2,1-10H3. The summed E-state index contributed by atoms with van der Waals surface area (Å²) in [7, 11) is 4.64. The van der Waals surface area contributed by atoms with Crippen molar-refractivity contribution in [2.24, 2.45) is 35.5 Å². The molecule has 0 aromatic heterocycles. The highest BCUT2D eigenvalue weighted by Gasteiger charge is 2.53. The average Bonchev–Trinajstić information content (AvgIpc) is 3.28. The summed E-state index contributed by atoms with van der Waals surface area (Å²) in [6, 6.07) is -1.16. The van der Waals surface area contributed by atoms with Gasteiger partial charge in [-0.1, -0.05) is 71.1 Å². The number of Topliss-reactive ketones (excluding diaryl/α,β-unsaturated/α-hetero) is 2. The van der Waals surface area contributed by atoms with Crippen molar-refractivity contribution >= 4 is 35.5 Å². The number of piperidine rings is 1. The molecule has 2 heterocycles. The maximum absolute atomic E-state index is 14.2. The van der Waals surface area contributed by atoms with Crippen LogP contribution in [0.1, 0.15) is 119 Å². The van der Waals surface area contributed by atoms with Crippen LogP contribution >= 0.6 is 0 Å². The number of aliphatic hydroxyl groups is 2. The van der Waals surface area contributed by atoms with E-state index in [1.165, 1.54) is 19.3 Å². The van der Waals surface area contributed by atoms with Crippen LogP contribution in [-0.2, 0) is 52.5 Å². The molecule has 2 aliphatic heterocycles. The van der Waals surface area contributed by atoms with Gasteiger partial charge in [0.25, 0.3) is 11.7 Å². The molecular formula is C51H77NO13. The Bertz CT molecular complexity index is 1780. The van der Waals surface area contributed by atoms with Gasteiger partial charge < -0.3 is 43.6 Å². The number of amides is 1. The molecule has 3 aliphatic rings. The number of rotatable bonds is 24. The predicted octanol–water partition coefficient (Wildman–Crippen LogP) is 6.76. The van der Waals surface area contributed by atoms with Crippen molar-refractivity contribution in [2.75, 3.05) is 34.5 Å². The van der Waals surface area contributed by atoms with Crippen molar-refractivity contribution in [3.05, 3.63) is 59.4 Å². The van der Waals surface area contributed by atoms with Crippen LogP contribution < -0.4 is 0 Å². The van der Waals surface area contributed by atoms with Crippen molar-refractivity contribution in [3.8, 4) is 0 Å². The van der Waals surface area contributed by atoms with Gasteiger partial charge in [-0.3, -0.25) is 19.2 Å². The summed E-state index contributed by atoms with van der Waals surface area (Å²) in [5.41, 5.74) is 1.18. The monoisotopic (exact) mass is 912 g/mol. The third-order valence-electron chi connectivity index (χ3n) is 13.3. The molecule has 3 rings (SSSR count). The van der Waals surface area contributed by atoms with E-state index in [4.69, 9.17) is 23.7 Å². The van der Waals surface area contributed by atoms with Gasteiger partial charge in [0.05, 0.1) is 24.4 Å². The minimum absolute atomic E-state index is 0.0739. The van der Waals surface area contributed by atoms with E-state index in [-0.39, 0.29) is 55.0 Å². The van der Waals surface area contributed by atoms with Crippen LogP contribution in [0.5, 0.6) is 0 Å². The molecule has 364 valence electrons. The van der Waals surface area contributed by atoms with Crippen LogP contribution in [0, 0.1) is 35.5 Å². The first-order valence-corrected chi connectivity index (χ1v) is 23.4. The van der Waals surface area contributed by atoms with Crippen LogP contribution in [-0.4, -0.2) is 121 Å². The molecule has 0 bridgehead atoms. The van der Waals surface area contributed by atoms with E-state index < -0.39 is 71.3 Å². The molecule has 0 spiro atoms. The number of allylic oxidation sites excluding steroid dienone is 9. The van der Waals surface area contributed by atoms with Gasteiger partial charge in [-0.25, -0.2) is 4.79 Å². The average molecular weight is 912 g/mol. The molecule has 3 fully saturated rings. The van der Waals surface area contributed by atoms with Crippen molar-refractivity contribution in [1.29, 1.82) is 0 Å². The van der Waals surface area contributed by atoms with Crippen LogP contribution in [0.2, 0.25) is 0 Å². The first-order valence-electron chi connectivity index (χ1n) is 23.4. The molecule has 0 radical (unpaired) electrons. The third-order valence-corrected chi connectivity index (χ3v) is 13.3. The van der Waals surface area contributed by atoms with E-state index in [1.807, 2.05) is 51.2 Å². The molecule has 14 nitrogen and oxygen atoms in total. The summed E-state index contributed by atoms with van der Waals surface area (Å²) in [5, 5.41) is 22.3. The van der Waals surface area contributed by atoms with Gasteiger partial charge in [0.1, 0.15) is 24.7 Å². The minimum Gasteiger partial charge on any atom is -0.429 e. The topological polar surface area (TPSA) is 192 Å². The van der Waals surface area contributed by atoms with E-state index in [0.29, 0.717) is 69.8 Å². The Labute approximate surface area is 386 Å². The van der Waals surface area contributed by atoms with Gasteiger partial charge in [-0.2, -0.15) is 0 Å². The normalized spacial score (nSPS) is 28.4. The minimum atomic E-state index is -2.45. The Balaban J connectivity index is 1.76. The second kappa shape index (κ2) is 27.0. The van der Waals surface area contributed by atoms with E-state index in [2.05, 4.69) is 6.92 Å². The zero-order valence-electron chi connectivity index (χ0n) is 40.5. The summed E-state index contributed by atoms with van der Waals surface area (Å²) in [5.74, 6) is -7.19. The maximum atomic E-state index is 14.2.